The first-order chi connectivity index (χ1) is 12.6. The average molecular weight is 370 g/mol. The molecular weight excluding hydrogens is 348 g/mol. The van der Waals surface area contributed by atoms with E-state index in [2.05, 4.69) is 21.0 Å². The number of nitrogens with one attached hydrogen (secondary N) is 1. The van der Waals surface area contributed by atoms with Crippen molar-refractivity contribution in [2.45, 2.75) is 37.8 Å². The number of pyridine rings is 1. The van der Waals surface area contributed by atoms with E-state index < -0.39 is 0 Å². The normalized spacial score (nSPS) is 15.7. The third kappa shape index (κ3) is 3.49. The topological polar surface area (TPSA) is 75.0 Å². The van der Waals surface area contributed by atoms with E-state index in [4.69, 9.17) is 4.42 Å². The van der Waals surface area contributed by atoms with Crippen LogP contribution in [0, 0.1) is 13.8 Å². The molecule has 1 N–H and O–H groups in total. The molecule has 7 heteroatoms. The first kappa shape index (κ1) is 17.1. The number of thioether (sulfide) groups is 1. The Labute approximate surface area is 156 Å². The molecule has 1 amide bonds. The zero-order valence-corrected chi connectivity index (χ0v) is 15.8. The summed E-state index contributed by atoms with van der Waals surface area (Å²) in [5.74, 6) is 1.80. The van der Waals surface area contributed by atoms with Gasteiger partial charge in [0.15, 0.2) is 0 Å². The lowest BCUT2D eigenvalue weighted by molar-refractivity contribution is -0.129. The second kappa shape index (κ2) is 7.15. The van der Waals surface area contributed by atoms with E-state index in [1.807, 2.05) is 37.1 Å². The maximum Gasteiger partial charge on any atom is 0.256 e. The minimum absolute atomic E-state index is 0.153. The van der Waals surface area contributed by atoms with Crippen LogP contribution in [0.3, 0.4) is 0 Å². The van der Waals surface area contributed by atoms with Gasteiger partial charge in [-0.3, -0.25) is 9.78 Å². The van der Waals surface area contributed by atoms with E-state index in [1.165, 1.54) is 17.5 Å². The fourth-order valence-corrected chi connectivity index (χ4v) is 4.17. The average Bonchev–Trinajstić information content (AvgIpc) is 3.23. The van der Waals surface area contributed by atoms with Crippen LogP contribution in [0.15, 0.2) is 34.0 Å². The number of carbonyl (C=O) groups is 1. The second-order valence-electron chi connectivity index (χ2n) is 6.73. The van der Waals surface area contributed by atoms with Gasteiger partial charge in [0.25, 0.3) is 5.22 Å². The first-order valence-electron chi connectivity index (χ1n) is 8.88. The quantitative estimate of drug-likeness (QED) is 0.709. The van der Waals surface area contributed by atoms with Gasteiger partial charge in [-0.05, 0) is 44.9 Å². The van der Waals surface area contributed by atoms with Gasteiger partial charge < -0.3 is 14.3 Å². The van der Waals surface area contributed by atoms with Crippen LogP contribution in [-0.4, -0.2) is 44.6 Å². The van der Waals surface area contributed by atoms with Crippen molar-refractivity contribution >= 4 is 28.7 Å². The monoisotopic (exact) mass is 370 g/mol. The number of fused-ring (bicyclic) bond motifs is 1. The fraction of sp³-hybridized carbons (Fsp3) is 0.421. The van der Waals surface area contributed by atoms with Crippen molar-refractivity contribution in [2.24, 2.45) is 0 Å². The molecule has 0 unspecified atom stereocenters. The molecule has 6 nitrogen and oxygen atoms in total. The van der Waals surface area contributed by atoms with Crippen LogP contribution < -0.4 is 0 Å². The Balaban J connectivity index is 1.31. The molecule has 0 saturated carbocycles. The molecule has 0 bridgehead atoms. The highest BCUT2D eigenvalue weighted by atomic mass is 32.2. The third-order valence-corrected chi connectivity index (χ3v) is 5.84. The molecule has 0 spiro atoms. The lowest BCUT2D eigenvalue weighted by atomic mass is 9.94. The summed E-state index contributed by atoms with van der Waals surface area (Å²) in [5, 5.41) is 0.578. The molecule has 26 heavy (non-hydrogen) atoms. The van der Waals surface area contributed by atoms with Gasteiger partial charge >= 0.3 is 0 Å². The number of likely N-dealkylation sites (tertiary alicyclic amines) is 1. The number of hydrogen-bond donors (Lipinski definition) is 1. The second-order valence-corrected chi connectivity index (χ2v) is 7.65. The van der Waals surface area contributed by atoms with Gasteiger partial charge in [-0.2, -0.15) is 0 Å². The van der Waals surface area contributed by atoms with Crippen LogP contribution in [0.2, 0.25) is 0 Å². The number of aromatic amines is 1. The van der Waals surface area contributed by atoms with Crippen LogP contribution in [0.1, 0.15) is 35.9 Å². The molecule has 1 saturated heterocycles. The van der Waals surface area contributed by atoms with Gasteiger partial charge in [0.1, 0.15) is 5.76 Å². The highest BCUT2D eigenvalue weighted by Crippen LogP contribution is 2.30. The van der Waals surface area contributed by atoms with Crippen molar-refractivity contribution in [3.8, 4) is 0 Å². The Morgan fingerprint density at radius 2 is 2.19 bits per heavy atom. The zero-order valence-electron chi connectivity index (χ0n) is 15.0. The number of carbonyl (C=O) groups excluding carboxylic acids is 1. The molecule has 0 aliphatic carbocycles. The molecule has 136 valence electrons. The molecule has 1 aliphatic rings. The Morgan fingerprint density at radius 3 is 2.88 bits per heavy atom. The molecule has 0 atom stereocenters. The number of rotatable bonds is 4. The summed E-state index contributed by atoms with van der Waals surface area (Å²) in [6.07, 6.45) is 3.76. The van der Waals surface area contributed by atoms with Crippen molar-refractivity contribution in [3.63, 3.8) is 0 Å². The van der Waals surface area contributed by atoms with E-state index in [0.717, 1.165) is 48.4 Å². The highest BCUT2D eigenvalue weighted by Gasteiger charge is 2.25. The SMILES string of the molecule is Cc1nc(SCC(=O)N2CCC(c3cc4ncccc4[nH]3)CC2)oc1C. The Bertz CT molecular complexity index is 872. The van der Waals surface area contributed by atoms with Gasteiger partial charge in [0.2, 0.25) is 5.91 Å². The first-order valence-corrected chi connectivity index (χ1v) is 9.87. The molecule has 3 aromatic heterocycles. The van der Waals surface area contributed by atoms with E-state index in [0.29, 0.717) is 16.9 Å². The summed E-state index contributed by atoms with van der Waals surface area (Å²) in [5.41, 5.74) is 4.20. The van der Waals surface area contributed by atoms with E-state index in [-0.39, 0.29) is 5.91 Å². The summed E-state index contributed by atoms with van der Waals surface area (Å²) in [6.45, 7) is 5.38. The summed E-state index contributed by atoms with van der Waals surface area (Å²) >= 11 is 1.37. The fourth-order valence-electron chi connectivity index (χ4n) is 3.36. The summed E-state index contributed by atoms with van der Waals surface area (Å²) in [7, 11) is 0. The summed E-state index contributed by atoms with van der Waals surface area (Å²) < 4.78 is 5.53. The van der Waals surface area contributed by atoms with Gasteiger partial charge in [-0.1, -0.05) is 11.8 Å². The lowest BCUT2D eigenvalue weighted by Crippen LogP contribution is -2.39. The van der Waals surface area contributed by atoms with Gasteiger partial charge in [-0.15, -0.1) is 0 Å². The van der Waals surface area contributed by atoms with E-state index in [9.17, 15) is 4.79 Å². The number of aromatic nitrogens is 3. The van der Waals surface area contributed by atoms with Gasteiger partial charge in [0.05, 0.1) is 22.5 Å². The maximum absolute atomic E-state index is 12.5. The number of piperidine rings is 1. The molecule has 4 rings (SSSR count). The predicted molar refractivity (Wildman–Crippen MR) is 101 cm³/mol. The smallest absolute Gasteiger partial charge is 0.256 e. The van der Waals surface area contributed by atoms with Crippen LogP contribution in [0.25, 0.3) is 11.0 Å². The van der Waals surface area contributed by atoms with Crippen molar-refractivity contribution in [2.75, 3.05) is 18.8 Å². The van der Waals surface area contributed by atoms with Crippen LogP contribution in [0.4, 0.5) is 0 Å². The third-order valence-electron chi connectivity index (χ3n) is 5.03. The minimum Gasteiger partial charge on any atom is -0.437 e. The number of amides is 1. The van der Waals surface area contributed by atoms with Crippen LogP contribution >= 0.6 is 11.8 Å². The number of H-pyrrole nitrogens is 1. The number of oxazole rings is 1. The molecule has 4 heterocycles. The number of nitrogens with zero attached hydrogens (tertiary/aromatic N) is 3. The number of hydrogen-bond acceptors (Lipinski definition) is 5. The van der Waals surface area contributed by atoms with E-state index in [1.54, 1.807) is 0 Å². The molecule has 1 fully saturated rings. The summed E-state index contributed by atoms with van der Waals surface area (Å²) in [4.78, 5) is 26.6. The Kier molecular flexibility index (Phi) is 4.72. The van der Waals surface area contributed by atoms with Crippen molar-refractivity contribution in [1.82, 2.24) is 19.9 Å². The van der Waals surface area contributed by atoms with Crippen molar-refractivity contribution < 1.29 is 9.21 Å². The van der Waals surface area contributed by atoms with Gasteiger partial charge in [0, 0.05) is 30.9 Å². The van der Waals surface area contributed by atoms with Crippen molar-refractivity contribution in [1.29, 1.82) is 0 Å². The zero-order chi connectivity index (χ0) is 18.1. The standard InChI is InChI=1S/C19H22N4O2S/c1-12-13(2)25-19(21-12)26-11-18(24)23-8-5-14(6-9-23)16-10-17-15(22-16)4-3-7-20-17/h3-4,7,10,14,22H,5-6,8-9,11H2,1-2H3. The highest BCUT2D eigenvalue weighted by molar-refractivity contribution is 7.99. The van der Waals surface area contributed by atoms with E-state index >= 15 is 0 Å². The molecule has 3 aromatic rings. The summed E-state index contributed by atoms with van der Waals surface area (Å²) in [6, 6.07) is 6.13. The van der Waals surface area contributed by atoms with Crippen LogP contribution in [0.5, 0.6) is 0 Å². The van der Waals surface area contributed by atoms with Gasteiger partial charge in [-0.25, -0.2) is 4.98 Å². The molecular formula is C19H22N4O2S. The molecule has 1 aliphatic heterocycles. The lowest BCUT2D eigenvalue weighted by Gasteiger charge is -2.31. The van der Waals surface area contributed by atoms with Crippen molar-refractivity contribution in [3.05, 3.63) is 41.5 Å². The Hall–Kier alpha value is -2.28. The van der Waals surface area contributed by atoms with Crippen LogP contribution in [-0.2, 0) is 4.79 Å². The predicted octanol–water partition coefficient (Wildman–Crippen LogP) is 3.67. The molecule has 0 radical (unpaired) electrons. The minimum atomic E-state index is 0.153. The Morgan fingerprint density at radius 1 is 1.38 bits per heavy atom. The number of aryl methyl sites for hydroxylation is 2. The largest absolute Gasteiger partial charge is 0.437 e. The molecule has 0 aromatic carbocycles. The maximum atomic E-state index is 12.5.